The highest BCUT2D eigenvalue weighted by atomic mass is 19.4. The van der Waals surface area contributed by atoms with E-state index in [0.717, 1.165) is 44.0 Å². The third-order valence-corrected chi connectivity index (χ3v) is 5.40. The molecule has 1 aliphatic rings. The third kappa shape index (κ3) is 4.62. The van der Waals surface area contributed by atoms with Gasteiger partial charge in [0.15, 0.2) is 0 Å². The van der Waals surface area contributed by atoms with Crippen molar-refractivity contribution in [2.24, 2.45) is 0 Å². The van der Waals surface area contributed by atoms with Gasteiger partial charge in [0.25, 0.3) is 5.91 Å². The number of aromatic nitrogens is 1. The highest BCUT2D eigenvalue weighted by Crippen LogP contribution is 2.34. The molecule has 3 aromatic rings. The summed E-state index contributed by atoms with van der Waals surface area (Å²) in [6.45, 7) is -0.169. The fraction of sp³-hybridized carbons (Fsp3) is 0.304. The maximum absolute atomic E-state index is 14.7. The lowest BCUT2D eigenvalue weighted by molar-refractivity contribution is -0.137. The molecular formula is C23H20F4N2O2. The van der Waals surface area contributed by atoms with Crippen molar-refractivity contribution in [3.8, 4) is 5.75 Å². The molecule has 1 heterocycles. The summed E-state index contributed by atoms with van der Waals surface area (Å²) in [5.41, 5.74) is -0.557. The van der Waals surface area contributed by atoms with Gasteiger partial charge < -0.3 is 10.1 Å². The molecule has 1 N–H and O–H groups in total. The van der Waals surface area contributed by atoms with Gasteiger partial charge in [-0.3, -0.25) is 9.78 Å². The predicted molar refractivity (Wildman–Crippen MR) is 107 cm³/mol. The van der Waals surface area contributed by atoms with Crippen LogP contribution in [-0.2, 0) is 12.8 Å². The first-order valence-electron chi connectivity index (χ1n) is 10.00. The highest BCUT2D eigenvalue weighted by Gasteiger charge is 2.30. The minimum Gasteiger partial charge on any atom is -0.486 e. The Bertz CT molecular complexity index is 1090. The molecule has 162 valence electrons. The van der Waals surface area contributed by atoms with Crippen molar-refractivity contribution in [1.29, 1.82) is 0 Å². The van der Waals surface area contributed by atoms with Crippen LogP contribution in [0.4, 0.5) is 17.6 Å². The fourth-order valence-electron chi connectivity index (χ4n) is 3.79. The number of carbonyl (C=O) groups is 1. The van der Waals surface area contributed by atoms with Crippen LogP contribution in [0, 0.1) is 5.82 Å². The van der Waals surface area contributed by atoms with E-state index < -0.39 is 23.5 Å². The number of pyridine rings is 1. The molecule has 0 saturated heterocycles. The number of alkyl halides is 3. The molecule has 0 radical (unpaired) electrons. The number of hydrogen-bond donors (Lipinski definition) is 1. The lowest BCUT2D eigenvalue weighted by atomic mass is 10.0. The lowest BCUT2D eigenvalue weighted by Gasteiger charge is -2.17. The number of amides is 1. The van der Waals surface area contributed by atoms with Crippen molar-refractivity contribution in [1.82, 2.24) is 10.3 Å². The standard InChI is InChI=1S/C23H20F4N2O2/c24-20-11-19(22(30)29-15-5-1-2-6-15)21(18-8-4-3-7-17(18)20)31-13-16-10-9-14(12-28-16)23(25,26)27/h3-4,7-12,15H,1-2,5-6,13H2,(H,29,30). The van der Waals surface area contributed by atoms with Crippen molar-refractivity contribution >= 4 is 16.7 Å². The van der Waals surface area contributed by atoms with Gasteiger partial charge in [0.2, 0.25) is 0 Å². The fourth-order valence-corrected chi connectivity index (χ4v) is 3.79. The summed E-state index contributed by atoms with van der Waals surface area (Å²) < 4.78 is 58.7. The van der Waals surface area contributed by atoms with E-state index >= 15 is 0 Å². The second-order valence-electron chi connectivity index (χ2n) is 7.56. The zero-order chi connectivity index (χ0) is 22.0. The van der Waals surface area contributed by atoms with Gasteiger partial charge in [-0.05, 0) is 31.0 Å². The van der Waals surface area contributed by atoms with Crippen molar-refractivity contribution in [2.75, 3.05) is 0 Å². The van der Waals surface area contributed by atoms with Gasteiger partial charge in [-0.15, -0.1) is 0 Å². The Morgan fingerprint density at radius 1 is 1.10 bits per heavy atom. The van der Waals surface area contributed by atoms with Crippen LogP contribution in [0.25, 0.3) is 10.8 Å². The Hall–Kier alpha value is -3.16. The van der Waals surface area contributed by atoms with E-state index in [1.165, 1.54) is 6.07 Å². The Kier molecular flexibility index (Phi) is 5.80. The second kappa shape index (κ2) is 8.53. The first kappa shape index (κ1) is 21.1. The predicted octanol–water partition coefficient (Wildman–Crippen LogP) is 5.64. The number of fused-ring (bicyclic) bond motifs is 1. The number of rotatable bonds is 5. The van der Waals surface area contributed by atoms with Crippen LogP contribution in [-0.4, -0.2) is 16.9 Å². The molecule has 0 atom stereocenters. The minimum absolute atomic E-state index is 0.0338. The Labute approximate surface area is 176 Å². The maximum Gasteiger partial charge on any atom is 0.417 e. The number of hydrogen-bond acceptors (Lipinski definition) is 3. The van der Waals surface area contributed by atoms with Gasteiger partial charge in [0, 0.05) is 23.0 Å². The van der Waals surface area contributed by atoms with Crippen molar-refractivity contribution < 1.29 is 27.1 Å². The SMILES string of the molecule is O=C(NC1CCCC1)c1cc(F)c2ccccc2c1OCc1ccc(C(F)(F)F)cn1. The Morgan fingerprint density at radius 3 is 2.45 bits per heavy atom. The van der Waals surface area contributed by atoms with Gasteiger partial charge in [-0.1, -0.05) is 37.1 Å². The van der Waals surface area contributed by atoms with Crippen LogP contribution in [0.15, 0.2) is 48.7 Å². The van der Waals surface area contributed by atoms with E-state index in [1.807, 2.05) is 0 Å². The van der Waals surface area contributed by atoms with Gasteiger partial charge >= 0.3 is 6.18 Å². The normalized spacial score (nSPS) is 14.7. The molecule has 31 heavy (non-hydrogen) atoms. The molecule has 1 saturated carbocycles. The molecule has 1 amide bonds. The van der Waals surface area contributed by atoms with E-state index in [1.54, 1.807) is 24.3 Å². The average molecular weight is 432 g/mol. The van der Waals surface area contributed by atoms with Crippen LogP contribution >= 0.6 is 0 Å². The number of halogens is 4. The van der Waals surface area contributed by atoms with Crippen LogP contribution in [0.2, 0.25) is 0 Å². The number of nitrogens with zero attached hydrogens (tertiary/aromatic N) is 1. The largest absolute Gasteiger partial charge is 0.486 e. The van der Waals surface area contributed by atoms with Gasteiger partial charge in [-0.2, -0.15) is 13.2 Å². The summed E-state index contributed by atoms with van der Waals surface area (Å²) >= 11 is 0. The van der Waals surface area contributed by atoms with E-state index in [2.05, 4.69) is 10.3 Å². The zero-order valence-corrected chi connectivity index (χ0v) is 16.5. The zero-order valence-electron chi connectivity index (χ0n) is 16.5. The van der Waals surface area contributed by atoms with Crippen molar-refractivity contribution in [3.63, 3.8) is 0 Å². The number of carbonyl (C=O) groups excluding carboxylic acids is 1. The second-order valence-corrected chi connectivity index (χ2v) is 7.56. The number of ether oxygens (including phenoxy) is 1. The minimum atomic E-state index is -4.48. The molecule has 0 aliphatic heterocycles. The lowest BCUT2D eigenvalue weighted by Crippen LogP contribution is -2.33. The molecule has 4 nitrogen and oxygen atoms in total. The molecule has 4 rings (SSSR count). The molecule has 8 heteroatoms. The molecule has 0 bridgehead atoms. The van der Waals surface area contributed by atoms with Crippen LogP contribution < -0.4 is 10.1 Å². The summed E-state index contributed by atoms with van der Waals surface area (Å²) in [5.74, 6) is -0.812. The van der Waals surface area contributed by atoms with Crippen molar-refractivity contribution in [3.05, 3.63) is 71.3 Å². The van der Waals surface area contributed by atoms with Gasteiger partial charge in [0.1, 0.15) is 18.2 Å². The van der Waals surface area contributed by atoms with E-state index in [0.29, 0.717) is 5.39 Å². The van der Waals surface area contributed by atoms with Crippen LogP contribution in [0.3, 0.4) is 0 Å². The smallest absolute Gasteiger partial charge is 0.417 e. The molecular weight excluding hydrogens is 412 g/mol. The summed E-state index contributed by atoms with van der Waals surface area (Å²) in [6.07, 6.45) is 0.0428. The topological polar surface area (TPSA) is 51.2 Å². The van der Waals surface area contributed by atoms with Gasteiger partial charge in [-0.25, -0.2) is 4.39 Å². The van der Waals surface area contributed by atoms with E-state index in [-0.39, 0.29) is 35.0 Å². The Balaban J connectivity index is 1.64. The van der Waals surface area contributed by atoms with E-state index in [9.17, 15) is 22.4 Å². The summed E-state index contributed by atoms with van der Waals surface area (Å²) in [6, 6.07) is 9.89. The molecule has 0 spiro atoms. The third-order valence-electron chi connectivity index (χ3n) is 5.40. The maximum atomic E-state index is 14.7. The monoisotopic (exact) mass is 432 g/mol. The average Bonchev–Trinajstić information content (AvgIpc) is 3.25. The molecule has 1 fully saturated rings. The molecule has 1 aliphatic carbocycles. The Morgan fingerprint density at radius 2 is 1.81 bits per heavy atom. The highest BCUT2D eigenvalue weighted by molar-refractivity contribution is 6.04. The molecule has 1 aromatic heterocycles. The first-order chi connectivity index (χ1) is 14.8. The summed E-state index contributed by atoms with van der Waals surface area (Å²) in [5, 5.41) is 3.62. The number of benzene rings is 2. The molecule has 2 aromatic carbocycles. The van der Waals surface area contributed by atoms with Gasteiger partial charge in [0.05, 0.1) is 16.8 Å². The summed E-state index contributed by atoms with van der Waals surface area (Å²) in [7, 11) is 0. The quantitative estimate of drug-likeness (QED) is 0.531. The molecule has 0 unspecified atom stereocenters. The van der Waals surface area contributed by atoms with Crippen LogP contribution in [0.5, 0.6) is 5.75 Å². The first-order valence-corrected chi connectivity index (χ1v) is 10.00. The number of nitrogens with one attached hydrogen (secondary N) is 1. The van der Waals surface area contributed by atoms with E-state index in [4.69, 9.17) is 4.74 Å². The van der Waals surface area contributed by atoms with Crippen molar-refractivity contribution in [2.45, 2.75) is 44.5 Å². The van der Waals surface area contributed by atoms with Crippen LogP contribution in [0.1, 0.15) is 47.3 Å². The summed E-state index contributed by atoms with van der Waals surface area (Å²) in [4.78, 5) is 16.7.